The number of ether oxygens (including phenoxy) is 1. The minimum Gasteiger partial charge on any atom is -0.454 e. The van der Waals surface area contributed by atoms with E-state index in [4.69, 9.17) is 4.74 Å². The summed E-state index contributed by atoms with van der Waals surface area (Å²) in [6.45, 7) is 7.17. The number of carbonyl (C=O) groups excluding carboxylic acids is 2. The van der Waals surface area contributed by atoms with E-state index < -0.39 is 40.1 Å². The lowest BCUT2D eigenvalue weighted by Crippen LogP contribution is -2.49. The molecule has 150 valence electrons. The maximum absolute atomic E-state index is 13.0. The van der Waals surface area contributed by atoms with Crippen molar-refractivity contribution in [1.29, 1.82) is 0 Å². The van der Waals surface area contributed by atoms with E-state index in [1.807, 2.05) is 27.7 Å². The predicted octanol–water partition coefficient (Wildman–Crippen LogP) is 2.00. The van der Waals surface area contributed by atoms with Crippen molar-refractivity contribution in [2.24, 2.45) is 0 Å². The van der Waals surface area contributed by atoms with Crippen molar-refractivity contribution in [3.63, 3.8) is 0 Å². The van der Waals surface area contributed by atoms with Crippen LogP contribution in [0.15, 0.2) is 29.2 Å². The monoisotopic (exact) mass is 396 g/mol. The van der Waals surface area contributed by atoms with Crippen molar-refractivity contribution in [3.8, 4) is 0 Å². The second-order valence-electron chi connectivity index (χ2n) is 7.85. The van der Waals surface area contributed by atoms with Crippen LogP contribution in [0.3, 0.4) is 0 Å². The highest BCUT2D eigenvalue weighted by Gasteiger charge is 2.38. The van der Waals surface area contributed by atoms with Crippen LogP contribution in [-0.2, 0) is 24.3 Å². The number of hydrogen-bond acceptors (Lipinski definition) is 5. The molecule has 1 atom stereocenters. The van der Waals surface area contributed by atoms with Crippen LogP contribution in [0.5, 0.6) is 0 Å². The minimum absolute atomic E-state index is 0.151. The molecule has 1 aliphatic heterocycles. The Morgan fingerprint density at radius 2 is 1.81 bits per heavy atom. The molecule has 1 aromatic carbocycles. The van der Waals surface area contributed by atoms with Gasteiger partial charge in [-0.3, -0.25) is 9.59 Å². The summed E-state index contributed by atoms with van der Waals surface area (Å²) in [5.41, 5.74) is 0.517. The fourth-order valence-corrected chi connectivity index (χ4v) is 4.61. The van der Waals surface area contributed by atoms with E-state index in [2.05, 4.69) is 5.32 Å². The summed E-state index contributed by atoms with van der Waals surface area (Å²) in [6.07, 6.45) is 1.79. The van der Waals surface area contributed by atoms with Crippen molar-refractivity contribution in [1.82, 2.24) is 9.62 Å². The Labute approximate surface area is 161 Å². The maximum atomic E-state index is 13.0. The molecule has 7 nitrogen and oxygen atoms in total. The highest BCUT2D eigenvalue weighted by Crippen LogP contribution is 2.26. The Morgan fingerprint density at radius 1 is 1.19 bits per heavy atom. The zero-order chi connectivity index (χ0) is 20.2. The predicted molar refractivity (Wildman–Crippen MR) is 102 cm³/mol. The molecule has 1 N–H and O–H groups in total. The first-order chi connectivity index (χ1) is 12.5. The molecule has 0 aromatic heterocycles. The highest BCUT2D eigenvalue weighted by molar-refractivity contribution is 7.89. The van der Waals surface area contributed by atoms with E-state index >= 15 is 0 Å². The normalized spacial score (nSPS) is 18.7. The Kier molecular flexibility index (Phi) is 6.64. The number of piperidine rings is 1. The van der Waals surface area contributed by atoms with Crippen molar-refractivity contribution >= 4 is 21.9 Å². The second-order valence-corrected chi connectivity index (χ2v) is 9.74. The summed E-state index contributed by atoms with van der Waals surface area (Å²) in [5, 5.41) is 2.70. The molecule has 0 aliphatic carbocycles. The first-order valence-electron chi connectivity index (χ1n) is 9.07. The first kappa shape index (κ1) is 21.4. The topological polar surface area (TPSA) is 92.8 Å². The molecule has 2 rings (SSSR count). The molecule has 1 unspecified atom stereocenters. The molecule has 27 heavy (non-hydrogen) atoms. The van der Waals surface area contributed by atoms with Gasteiger partial charge in [0, 0.05) is 12.1 Å². The van der Waals surface area contributed by atoms with Gasteiger partial charge in [0.05, 0.1) is 4.90 Å². The molecule has 8 heteroatoms. The van der Waals surface area contributed by atoms with Gasteiger partial charge in [-0.25, -0.2) is 8.42 Å². The van der Waals surface area contributed by atoms with Gasteiger partial charge in [0.2, 0.25) is 10.0 Å². The summed E-state index contributed by atoms with van der Waals surface area (Å²) in [4.78, 5) is 24.5. The second kappa shape index (κ2) is 8.39. The van der Waals surface area contributed by atoms with Crippen molar-refractivity contribution in [2.45, 2.75) is 63.4 Å². The maximum Gasteiger partial charge on any atom is 0.324 e. The van der Waals surface area contributed by atoms with Crippen LogP contribution in [0.2, 0.25) is 0 Å². The van der Waals surface area contributed by atoms with E-state index in [1.54, 1.807) is 24.3 Å². The average Bonchev–Trinajstić information content (AvgIpc) is 2.58. The number of sulfonamides is 1. The van der Waals surface area contributed by atoms with Crippen LogP contribution >= 0.6 is 0 Å². The minimum atomic E-state index is -3.81. The van der Waals surface area contributed by atoms with Crippen LogP contribution < -0.4 is 5.32 Å². The Balaban J connectivity index is 2.11. The molecule has 1 heterocycles. The summed E-state index contributed by atoms with van der Waals surface area (Å²) in [7, 11) is -3.81. The van der Waals surface area contributed by atoms with Gasteiger partial charge < -0.3 is 10.1 Å². The number of amides is 1. The van der Waals surface area contributed by atoms with E-state index in [0.29, 0.717) is 12.8 Å². The highest BCUT2D eigenvalue weighted by atomic mass is 32.2. The lowest BCUT2D eigenvalue weighted by atomic mass is 10.1. The molecule has 0 bridgehead atoms. The third-order valence-corrected chi connectivity index (χ3v) is 6.14. The molecule has 1 aromatic rings. The zero-order valence-electron chi connectivity index (χ0n) is 16.3. The molecule has 0 radical (unpaired) electrons. The number of nitrogens with zero attached hydrogens (tertiary/aromatic N) is 1. The van der Waals surface area contributed by atoms with Gasteiger partial charge in [-0.15, -0.1) is 0 Å². The SMILES string of the molecule is Cc1ccc(S(=O)(=O)N2CCCCC2C(=O)OCC(=O)NC(C)(C)C)cc1. The molecular weight excluding hydrogens is 368 g/mol. The third-order valence-electron chi connectivity index (χ3n) is 4.21. The van der Waals surface area contributed by atoms with Gasteiger partial charge in [-0.05, 0) is 59.1 Å². The van der Waals surface area contributed by atoms with Crippen LogP contribution in [-0.4, -0.2) is 49.3 Å². The molecule has 1 amide bonds. The van der Waals surface area contributed by atoms with Crippen LogP contribution in [0.25, 0.3) is 0 Å². The van der Waals surface area contributed by atoms with Crippen molar-refractivity contribution in [3.05, 3.63) is 29.8 Å². The van der Waals surface area contributed by atoms with E-state index in [9.17, 15) is 18.0 Å². The van der Waals surface area contributed by atoms with Crippen LogP contribution in [0, 0.1) is 6.92 Å². The van der Waals surface area contributed by atoms with Gasteiger partial charge in [-0.2, -0.15) is 4.31 Å². The van der Waals surface area contributed by atoms with Crippen LogP contribution in [0.4, 0.5) is 0 Å². The number of nitrogens with one attached hydrogen (secondary N) is 1. The van der Waals surface area contributed by atoms with E-state index in [0.717, 1.165) is 12.0 Å². The molecule has 0 saturated carbocycles. The van der Waals surface area contributed by atoms with Crippen molar-refractivity contribution in [2.75, 3.05) is 13.2 Å². The number of rotatable bonds is 5. The van der Waals surface area contributed by atoms with Gasteiger partial charge in [-0.1, -0.05) is 17.7 Å². The molecule has 1 aliphatic rings. The molecular formula is C19H28N2O5S. The van der Waals surface area contributed by atoms with Crippen LogP contribution in [0.1, 0.15) is 45.6 Å². The quantitative estimate of drug-likeness (QED) is 0.769. The van der Waals surface area contributed by atoms with E-state index in [-0.39, 0.29) is 11.4 Å². The van der Waals surface area contributed by atoms with E-state index in [1.165, 1.54) is 4.31 Å². The average molecular weight is 397 g/mol. The van der Waals surface area contributed by atoms with Gasteiger partial charge in [0.15, 0.2) is 6.61 Å². The lowest BCUT2D eigenvalue weighted by Gasteiger charge is -2.33. The number of hydrogen-bond donors (Lipinski definition) is 1. The Bertz CT molecular complexity index is 781. The van der Waals surface area contributed by atoms with Crippen molar-refractivity contribution < 1.29 is 22.7 Å². The van der Waals surface area contributed by atoms with Gasteiger partial charge in [0.1, 0.15) is 6.04 Å². The number of benzene rings is 1. The smallest absolute Gasteiger partial charge is 0.324 e. The first-order valence-corrected chi connectivity index (χ1v) is 10.5. The number of carbonyl (C=O) groups is 2. The summed E-state index contributed by atoms with van der Waals surface area (Å²) >= 11 is 0. The fraction of sp³-hybridized carbons (Fsp3) is 0.579. The summed E-state index contributed by atoms with van der Waals surface area (Å²) < 4.78 is 32.3. The Hall–Kier alpha value is -1.93. The number of aryl methyl sites for hydroxylation is 1. The fourth-order valence-electron chi connectivity index (χ4n) is 2.96. The molecule has 0 spiro atoms. The standard InChI is InChI=1S/C19H28N2O5S/c1-14-8-10-15(11-9-14)27(24,25)21-12-6-5-7-16(21)18(23)26-13-17(22)20-19(2,3)4/h8-11,16H,5-7,12-13H2,1-4H3,(H,20,22). The third kappa shape index (κ3) is 5.77. The summed E-state index contributed by atoms with van der Waals surface area (Å²) in [6, 6.07) is 5.62. The molecule has 1 saturated heterocycles. The number of esters is 1. The molecule has 1 fully saturated rings. The lowest BCUT2D eigenvalue weighted by molar-refractivity contribution is -0.153. The zero-order valence-corrected chi connectivity index (χ0v) is 17.1. The van der Waals surface area contributed by atoms with Gasteiger partial charge >= 0.3 is 5.97 Å². The summed E-state index contributed by atoms with van der Waals surface area (Å²) in [5.74, 6) is -1.10. The Morgan fingerprint density at radius 3 is 2.41 bits per heavy atom. The largest absolute Gasteiger partial charge is 0.454 e. The van der Waals surface area contributed by atoms with Gasteiger partial charge in [0.25, 0.3) is 5.91 Å².